The van der Waals surface area contributed by atoms with Gasteiger partial charge in [-0.25, -0.2) is 0 Å². The number of hydrogen-bond donors (Lipinski definition) is 0. The van der Waals surface area contributed by atoms with Crippen molar-refractivity contribution in [3.63, 3.8) is 0 Å². The van der Waals surface area contributed by atoms with E-state index in [2.05, 4.69) is 24.3 Å². The van der Waals surface area contributed by atoms with Gasteiger partial charge in [0.15, 0.2) is 5.78 Å². The number of hydrogen-bond acceptors (Lipinski definition) is 1. The number of rotatable bonds is 0. The van der Waals surface area contributed by atoms with Gasteiger partial charge in [0.05, 0.1) is 0 Å². The average molecular weight is 216 g/mol. The van der Waals surface area contributed by atoms with Crippen LogP contribution in [0.25, 0.3) is 0 Å². The van der Waals surface area contributed by atoms with Crippen molar-refractivity contribution in [1.29, 1.82) is 0 Å². The minimum absolute atomic E-state index is 0.0900. The first-order valence-corrected chi connectivity index (χ1v) is 6.06. The molecule has 1 aliphatic rings. The summed E-state index contributed by atoms with van der Waals surface area (Å²) in [6.45, 7) is 0. The summed E-state index contributed by atoms with van der Waals surface area (Å²) in [5.74, 6) is 0.0900. The van der Waals surface area contributed by atoms with Crippen LogP contribution in [0, 0.1) is 0 Å². The Kier molecular flexibility index (Phi) is 7.06. The van der Waals surface area contributed by atoms with Gasteiger partial charge in [-0.05, 0) is 50.7 Å². The number of carbonyl (C=O) groups is 1. The molecule has 0 saturated heterocycles. The maximum Gasteiger partial charge on any atom is 0.178 e. The normalized spacial score (nSPS) is 27.4. The number of ketones is 1. The lowest BCUT2D eigenvalue weighted by atomic mass is 10.2. The molecule has 0 aliphatic heterocycles. The van der Waals surface area contributed by atoms with Crippen LogP contribution in [-0.2, 0) is 4.79 Å². The van der Waals surface area contributed by atoms with Crippen molar-refractivity contribution in [1.82, 2.24) is 0 Å². The molecule has 0 bridgehead atoms. The van der Waals surface area contributed by atoms with E-state index in [-0.39, 0.29) is 5.78 Å². The minimum atomic E-state index is 0.0900. The van der Waals surface area contributed by atoms with Crippen molar-refractivity contribution in [3.05, 3.63) is 48.6 Å². The molecule has 0 atom stereocenters. The quantitative estimate of drug-likeness (QED) is 0.556. The van der Waals surface area contributed by atoms with Gasteiger partial charge in [0, 0.05) is 0 Å². The van der Waals surface area contributed by atoms with E-state index < -0.39 is 0 Å². The Morgan fingerprint density at radius 1 is 0.688 bits per heavy atom. The average Bonchev–Trinajstić information content (AvgIpc) is 2.29. The second kappa shape index (κ2) is 8.90. The van der Waals surface area contributed by atoms with E-state index in [9.17, 15) is 4.79 Å². The maximum absolute atomic E-state index is 11.3. The van der Waals surface area contributed by atoms with Crippen LogP contribution in [0.4, 0.5) is 0 Å². The zero-order chi connectivity index (χ0) is 11.5. The molecule has 1 rings (SSSR count). The third-order valence-corrected chi connectivity index (χ3v) is 2.41. The van der Waals surface area contributed by atoms with Gasteiger partial charge in [0.1, 0.15) is 0 Å². The molecule has 0 aromatic rings. The predicted molar refractivity (Wildman–Crippen MR) is 69.3 cm³/mol. The highest BCUT2D eigenvalue weighted by molar-refractivity contribution is 5.99. The lowest BCUT2D eigenvalue weighted by Crippen LogP contribution is -1.84. The molecule has 1 aliphatic carbocycles. The summed E-state index contributed by atoms with van der Waals surface area (Å²) in [6, 6.07) is 0. The second-order valence-electron chi connectivity index (χ2n) is 3.89. The van der Waals surface area contributed by atoms with Gasteiger partial charge in [-0.2, -0.15) is 0 Å². The second-order valence-corrected chi connectivity index (χ2v) is 3.89. The molecule has 0 unspecified atom stereocenters. The molecular weight excluding hydrogens is 196 g/mol. The summed E-state index contributed by atoms with van der Waals surface area (Å²) in [7, 11) is 0. The van der Waals surface area contributed by atoms with Gasteiger partial charge in [-0.1, -0.05) is 36.5 Å². The Balaban J connectivity index is 2.46. The maximum atomic E-state index is 11.3. The molecule has 0 saturated carbocycles. The van der Waals surface area contributed by atoms with E-state index >= 15 is 0 Å². The Morgan fingerprint density at radius 3 is 2.19 bits per heavy atom. The van der Waals surface area contributed by atoms with E-state index in [0.29, 0.717) is 0 Å². The first-order chi connectivity index (χ1) is 7.89. The smallest absolute Gasteiger partial charge is 0.178 e. The monoisotopic (exact) mass is 216 g/mol. The van der Waals surface area contributed by atoms with Gasteiger partial charge in [0.25, 0.3) is 0 Å². The highest BCUT2D eigenvalue weighted by Crippen LogP contribution is 2.02. The van der Waals surface area contributed by atoms with Crippen LogP contribution in [0.5, 0.6) is 0 Å². The van der Waals surface area contributed by atoms with Gasteiger partial charge in [-0.3, -0.25) is 4.79 Å². The zero-order valence-electron chi connectivity index (χ0n) is 9.77. The van der Waals surface area contributed by atoms with Crippen molar-refractivity contribution in [3.8, 4) is 0 Å². The van der Waals surface area contributed by atoms with Crippen LogP contribution in [-0.4, -0.2) is 5.78 Å². The Morgan fingerprint density at radius 2 is 1.31 bits per heavy atom. The molecule has 0 fully saturated rings. The molecule has 0 aromatic carbocycles. The van der Waals surface area contributed by atoms with Crippen LogP contribution in [0.15, 0.2) is 48.6 Å². The van der Waals surface area contributed by atoms with Crippen molar-refractivity contribution in [2.45, 2.75) is 38.5 Å². The molecule has 0 radical (unpaired) electrons. The molecule has 1 heteroatoms. The molecule has 0 spiro atoms. The summed E-state index contributed by atoms with van der Waals surface area (Å²) in [5, 5.41) is 0. The molecular formula is C15H20O. The predicted octanol–water partition coefficient (Wildman–Crippen LogP) is 4.13. The molecule has 16 heavy (non-hydrogen) atoms. The fraction of sp³-hybridized carbons (Fsp3) is 0.400. The third-order valence-electron chi connectivity index (χ3n) is 2.41. The van der Waals surface area contributed by atoms with E-state index in [1.54, 1.807) is 12.2 Å². The highest BCUT2D eigenvalue weighted by atomic mass is 16.1. The Bertz CT molecular complexity index is 305. The van der Waals surface area contributed by atoms with E-state index in [0.717, 1.165) is 32.1 Å². The highest BCUT2D eigenvalue weighted by Gasteiger charge is 1.87. The van der Waals surface area contributed by atoms with Crippen LogP contribution in [0.1, 0.15) is 38.5 Å². The Hall–Kier alpha value is -1.37. The van der Waals surface area contributed by atoms with Gasteiger partial charge < -0.3 is 0 Å². The van der Waals surface area contributed by atoms with Crippen LogP contribution < -0.4 is 0 Å². The first-order valence-electron chi connectivity index (χ1n) is 6.06. The van der Waals surface area contributed by atoms with E-state index in [1.807, 2.05) is 12.2 Å². The lowest BCUT2D eigenvalue weighted by Gasteiger charge is -1.90. The lowest BCUT2D eigenvalue weighted by molar-refractivity contribution is -0.110. The SMILES string of the molecule is O=C1/C=C/C/C=C/CCC/C=C/CC/C=C/1. The fourth-order valence-electron chi connectivity index (χ4n) is 1.51. The molecule has 1 nitrogen and oxygen atoms in total. The topological polar surface area (TPSA) is 17.1 Å². The summed E-state index contributed by atoms with van der Waals surface area (Å²) in [6.07, 6.45) is 22.3. The van der Waals surface area contributed by atoms with Crippen LogP contribution in [0.2, 0.25) is 0 Å². The van der Waals surface area contributed by atoms with Crippen molar-refractivity contribution >= 4 is 5.78 Å². The summed E-state index contributed by atoms with van der Waals surface area (Å²) < 4.78 is 0. The van der Waals surface area contributed by atoms with E-state index in [4.69, 9.17) is 0 Å². The largest absolute Gasteiger partial charge is 0.290 e. The molecule has 86 valence electrons. The molecule has 0 aromatic heterocycles. The number of carbonyl (C=O) groups excluding carboxylic acids is 1. The van der Waals surface area contributed by atoms with Crippen molar-refractivity contribution in [2.75, 3.05) is 0 Å². The fourth-order valence-corrected chi connectivity index (χ4v) is 1.51. The van der Waals surface area contributed by atoms with Crippen LogP contribution >= 0.6 is 0 Å². The molecule has 0 N–H and O–H groups in total. The first kappa shape index (κ1) is 12.7. The van der Waals surface area contributed by atoms with Crippen molar-refractivity contribution < 1.29 is 4.79 Å². The minimum Gasteiger partial charge on any atom is -0.290 e. The Labute approximate surface area is 98.2 Å². The zero-order valence-corrected chi connectivity index (χ0v) is 9.77. The van der Waals surface area contributed by atoms with Gasteiger partial charge in [-0.15, -0.1) is 0 Å². The summed E-state index contributed by atoms with van der Waals surface area (Å²) in [5.41, 5.74) is 0. The third kappa shape index (κ3) is 6.99. The standard InChI is InChI=1S/C15H20O/c16-15-13-11-9-7-5-3-1-2-4-6-8-10-12-14-15/h3,5-6,8,11-14H,1-2,4,7,9-10H2/b5-3+,8-6+,13-11+,14-12+. The van der Waals surface area contributed by atoms with E-state index in [1.165, 1.54) is 6.42 Å². The summed E-state index contributed by atoms with van der Waals surface area (Å²) in [4.78, 5) is 11.3. The molecule has 0 heterocycles. The van der Waals surface area contributed by atoms with Gasteiger partial charge >= 0.3 is 0 Å². The molecule has 0 amide bonds. The number of allylic oxidation sites excluding steroid dienone is 8. The van der Waals surface area contributed by atoms with Crippen molar-refractivity contribution in [2.24, 2.45) is 0 Å². The van der Waals surface area contributed by atoms with Crippen LogP contribution in [0.3, 0.4) is 0 Å². The van der Waals surface area contributed by atoms with Gasteiger partial charge in [0.2, 0.25) is 0 Å². The summed E-state index contributed by atoms with van der Waals surface area (Å²) >= 11 is 0.